The molecule has 0 unspecified atom stereocenters. The molecule has 4 rings (SSSR count). The van der Waals surface area contributed by atoms with E-state index in [1.54, 1.807) is 0 Å². The standard InChI is InChI=1S/C36H63N3O26/c1-10(46)37-13(4-40)29(21(50)14(49)5-41)62-35-27(56)26(55)31(18(9-45)61-35)64-36-28(57)32(23(52)16(7-43)59-36)65-34-20(39-12(3)48)25(54)30(17(8-44)60-34)63-33-19(38-11(2)47)24(53)22(51)15(6-42)58-33/h13-36,40-45,49-57H,4-9H2,1-3H3,(H,37,46)(H,38,47)(H,39,48)/t13-,14+,15+,16+,17+,18+,19+,20+,21-,22-,23-,24+,25+,26+,27+,28+,29+,30-,31-,32-,33-,34-,35-,36-/m0/s1. The van der Waals surface area contributed by atoms with E-state index in [0.717, 1.165) is 20.8 Å². The molecule has 4 fully saturated rings. The summed E-state index contributed by atoms with van der Waals surface area (Å²) in [6.45, 7) is -2.63. The summed E-state index contributed by atoms with van der Waals surface area (Å²) in [7, 11) is 0. The zero-order chi connectivity index (χ0) is 48.6. The number of rotatable bonds is 20. The average molecular weight is 954 g/mol. The van der Waals surface area contributed by atoms with Crippen LogP contribution < -0.4 is 16.0 Å². The van der Waals surface area contributed by atoms with Crippen molar-refractivity contribution in [1.29, 1.82) is 0 Å². The van der Waals surface area contributed by atoms with Crippen molar-refractivity contribution in [2.24, 2.45) is 0 Å². The molecule has 0 radical (unpaired) electrons. The van der Waals surface area contributed by atoms with Gasteiger partial charge in [-0.1, -0.05) is 0 Å². The number of aliphatic hydroxyl groups is 15. The summed E-state index contributed by atoms with van der Waals surface area (Å²) >= 11 is 0. The molecule has 4 aliphatic heterocycles. The van der Waals surface area contributed by atoms with Gasteiger partial charge in [-0.2, -0.15) is 0 Å². The number of nitrogens with one attached hydrogen (secondary N) is 3. The van der Waals surface area contributed by atoms with Gasteiger partial charge in [-0.25, -0.2) is 0 Å². The Hall–Kier alpha value is -2.51. The van der Waals surface area contributed by atoms with Crippen molar-refractivity contribution >= 4 is 17.7 Å². The predicted molar refractivity (Wildman–Crippen MR) is 204 cm³/mol. The third kappa shape index (κ3) is 13.0. The Balaban J connectivity index is 1.57. The van der Waals surface area contributed by atoms with Gasteiger partial charge in [0.2, 0.25) is 17.7 Å². The largest absolute Gasteiger partial charge is 0.394 e. The van der Waals surface area contributed by atoms with E-state index in [0.29, 0.717) is 0 Å². The van der Waals surface area contributed by atoms with E-state index >= 15 is 0 Å². The SMILES string of the molecule is CC(=O)N[C@H]1[C@H](O[C@H]2[C@@H](O)[C@@H](CO)O[C@@H](O[C@@H]3[C@H](O)[C@@H](O)[C@H](O[C@@H]([C@@H](O)[C@H](O)CO)[C@H](CO)NC(C)=O)O[C@@H]3CO)[C@@H]2O)O[C@H](CO)[C@H](O[C@@H]2O[C@H](CO)[C@H](O)[C@H](O)[C@H]2NC(C)=O)[C@@H]1O. The fourth-order valence-corrected chi connectivity index (χ4v) is 7.84. The van der Waals surface area contributed by atoms with E-state index in [9.17, 15) is 91.0 Å². The van der Waals surface area contributed by atoms with Crippen LogP contribution in [0.3, 0.4) is 0 Å². The monoisotopic (exact) mass is 953 g/mol. The Morgan fingerprint density at radius 1 is 0.492 bits per heavy atom. The lowest BCUT2D eigenvalue weighted by atomic mass is 9.94. The van der Waals surface area contributed by atoms with E-state index in [1.165, 1.54) is 0 Å². The van der Waals surface area contributed by atoms with Gasteiger partial charge in [0.25, 0.3) is 0 Å². The molecule has 3 amide bonds. The summed E-state index contributed by atoms with van der Waals surface area (Å²) in [5, 5.41) is 166. The Labute approximate surface area is 369 Å². The second-order valence-corrected chi connectivity index (χ2v) is 15.9. The first kappa shape index (κ1) is 55.1. The van der Waals surface area contributed by atoms with E-state index in [2.05, 4.69) is 16.0 Å². The first-order chi connectivity index (χ1) is 30.7. The maximum absolute atomic E-state index is 12.4. The number of carbonyl (C=O) groups excluding carboxylic acids is 3. The van der Waals surface area contributed by atoms with Crippen LogP contribution in [0, 0.1) is 0 Å². The van der Waals surface area contributed by atoms with Crippen molar-refractivity contribution in [2.75, 3.05) is 39.6 Å². The van der Waals surface area contributed by atoms with E-state index < -0.39 is 204 Å². The molecular formula is C36H63N3O26. The molecule has 4 heterocycles. The minimum absolute atomic E-state index is 0.716. The van der Waals surface area contributed by atoms with Crippen molar-refractivity contribution in [3.63, 3.8) is 0 Å². The van der Waals surface area contributed by atoms with Gasteiger partial charge in [-0.3, -0.25) is 14.4 Å². The average Bonchev–Trinajstić information content (AvgIpc) is 3.26. The Morgan fingerprint density at radius 3 is 1.43 bits per heavy atom. The maximum atomic E-state index is 12.4. The topological polar surface area (TPSA) is 465 Å². The first-order valence-corrected chi connectivity index (χ1v) is 20.5. The van der Waals surface area contributed by atoms with Crippen molar-refractivity contribution in [3.05, 3.63) is 0 Å². The molecule has 65 heavy (non-hydrogen) atoms. The molecule has 24 atom stereocenters. The first-order valence-electron chi connectivity index (χ1n) is 20.5. The predicted octanol–water partition coefficient (Wildman–Crippen LogP) is -11.9. The molecule has 0 bridgehead atoms. The fraction of sp³-hybridized carbons (Fsp3) is 0.917. The van der Waals surface area contributed by atoms with Crippen LogP contribution in [-0.4, -0.2) is 281 Å². The maximum Gasteiger partial charge on any atom is 0.217 e. The molecule has 0 aliphatic carbocycles. The molecule has 0 aromatic rings. The lowest BCUT2D eigenvalue weighted by molar-refractivity contribution is -0.382. The molecule has 0 spiro atoms. The van der Waals surface area contributed by atoms with Crippen molar-refractivity contribution in [2.45, 2.75) is 168 Å². The summed E-state index contributed by atoms with van der Waals surface area (Å²) in [4.78, 5) is 36.2. The number of hydrogen-bond donors (Lipinski definition) is 18. The van der Waals surface area contributed by atoms with Gasteiger partial charge in [0, 0.05) is 20.8 Å². The van der Waals surface area contributed by atoms with Gasteiger partial charge in [0.15, 0.2) is 25.2 Å². The molecule has 0 aromatic heterocycles. The highest BCUT2D eigenvalue weighted by atomic mass is 16.8. The van der Waals surface area contributed by atoms with Crippen LogP contribution in [0.5, 0.6) is 0 Å². The molecule has 29 heteroatoms. The third-order valence-electron chi connectivity index (χ3n) is 11.2. The molecule has 4 saturated heterocycles. The van der Waals surface area contributed by atoms with Crippen molar-refractivity contribution in [1.82, 2.24) is 16.0 Å². The Kier molecular flexibility index (Phi) is 20.9. The van der Waals surface area contributed by atoms with Crippen molar-refractivity contribution in [3.8, 4) is 0 Å². The normalized spacial score (nSPS) is 42.0. The zero-order valence-electron chi connectivity index (χ0n) is 35.3. The Morgan fingerprint density at radius 2 is 0.938 bits per heavy atom. The molecule has 4 aliphatic rings. The Bertz CT molecular complexity index is 1510. The summed E-state index contributed by atoms with van der Waals surface area (Å²) < 4.78 is 45.8. The van der Waals surface area contributed by atoms with E-state index in [4.69, 9.17) is 37.9 Å². The van der Waals surface area contributed by atoms with Gasteiger partial charge < -0.3 is 130 Å². The summed E-state index contributed by atoms with van der Waals surface area (Å²) in [5.74, 6) is -2.26. The van der Waals surface area contributed by atoms with Crippen LogP contribution in [0.4, 0.5) is 0 Å². The summed E-state index contributed by atoms with van der Waals surface area (Å²) in [6, 6.07) is -4.73. The molecule has 29 nitrogen and oxygen atoms in total. The number of hydrogen-bond acceptors (Lipinski definition) is 26. The van der Waals surface area contributed by atoms with Crippen LogP contribution in [0.1, 0.15) is 20.8 Å². The van der Waals surface area contributed by atoms with Gasteiger partial charge in [0.05, 0.1) is 45.7 Å². The molecular weight excluding hydrogens is 890 g/mol. The van der Waals surface area contributed by atoms with Gasteiger partial charge in [-0.15, -0.1) is 0 Å². The number of ether oxygens (including phenoxy) is 8. The summed E-state index contributed by atoms with van der Waals surface area (Å²) in [6.07, 6.45) is -39.5. The number of aliphatic hydroxyl groups excluding tert-OH is 15. The quantitative estimate of drug-likeness (QED) is 0.0539. The molecule has 0 saturated carbocycles. The van der Waals surface area contributed by atoms with Gasteiger partial charge in [-0.05, 0) is 0 Å². The van der Waals surface area contributed by atoms with Crippen molar-refractivity contribution < 1.29 is 129 Å². The molecule has 378 valence electrons. The third-order valence-corrected chi connectivity index (χ3v) is 11.2. The number of carbonyl (C=O) groups is 3. The van der Waals surface area contributed by atoms with E-state index in [-0.39, 0.29) is 0 Å². The highest BCUT2D eigenvalue weighted by Crippen LogP contribution is 2.35. The molecule has 0 aromatic carbocycles. The van der Waals surface area contributed by atoms with Crippen LogP contribution in [0.15, 0.2) is 0 Å². The van der Waals surface area contributed by atoms with Crippen LogP contribution in [0.25, 0.3) is 0 Å². The minimum atomic E-state index is -2.18. The molecule has 18 N–H and O–H groups in total. The lowest BCUT2D eigenvalue weighted by Crippen LogP contribution is -2.70. The second kappa shape index (κ2) is 24.7. The zero-order valence-corrected chi connectivity index (χ0v) is 35.3. The lowest BCUT2D eigenvalue weighted by Gasteiger charge is -2.50. The fourth-order valence-electron chi connectivity index (χ4n) is 7.84. The highest BCUT2D eigenvalue weighted by molar-refractivity contribution is 5.74. The van der Waals surface area contributed by atoms with E-state index in [1.807, 2.05) is 0 Å². The van der Waals surface area contributed by atoms with Gasteiger partial charge in [0.1, 0.15) is 116 Å². The van der Waals surface area contributed by atoms with Crippen LogP contribution in [-0.2, 0) is 52.3 Å². The highest BCUT2D eigenvalue weighted by Gasteiger charge is 2.56. The number of amides is 3. The van der Waals surface area contributed by atoms with Gasteiger partial charge >= 0.3 is 0 Å². The second-order valence-electron chi connectivity index (χ2n) is 15.9. The minimum Gasteiger partial charge on any atom is -0.394 e. The summed E-state index contributed by atoms with van der Waals surface area (Å²) in [5.41, 5.74) is 0. The van der Waals surface area contributed by atoms with Crippen LogP contribution in [0.2, 0.25) is 0 Å². The van der Waals surface area contributed by atoms with Crippen LogP contribution >= 0.6 is 0 Å². The smallest absolute Gasteiger partial charge is 0.217 e.